The van der Waals surface area contributed by atoms with E-state index < -0.39 is 0 Å². The monoisotopic (exact) mass is 228 g/mol. The Morgan fingerprint density at radius 2 is 2.13 bits per heavy atom. The molecule has 0 rings (SSSR count). The summed E-state index contributed by atoms with van der Waals surface area (Å²) in [5.74, 6) is 3.16. The molecule has 0 saturated carbocycles. The number of hydrogen-bond donors (Lipinski definition) is 1. The molecule has 88 valence electrons. The third-order valence-electron chi connectivity index (χ3n) is 2.23. The van der Waals surface area contributed by atoms with Gasteiger partial charge in [0, 0.05) is 0 Å². The van der Waals surface area contributed by atoms with Crippen LogP contribution in [0, 0.1) is 17.2 Å². The van der Waals surface area contributed by atoms with Crippen LogP contribution >= 0.6 is 11.8 Å². The van der Waals surface area contributed by atoms with Crippen LogP contribution in [-0.4, -0.2) is 23.6 Å². The Morgan fingerprint density at radius 1 is 1.47 bits per heavy atom. The summed E-state index contributed by atoms with van der Waals surface area (Å²) in [5, 5.41) is 12.3. The van der Waals surface area contributed by atoms with E-state index in [1.807, 2.05) is 25.6 Å². The van der Waals surface area contributed by atoms with Gasteiger partial charge >= 0.3 is 0 Å². The third kappa shape index (κ3) is 7.70. The Morgan fingerprint density at radius 3 is 2.60 bits per heavy atom. The molecule has 0 bridgehead atoms. The van der Waals surface area contributed by atoms with Crippen LogP contribution in [0.15, 0.2) is 0 Å². The van der Waals surface area contributed by atoms with Gasteiger partial charge in [-0.2, -0.15) is 17.0 Å². The van der Waals surface area contributed by atoms with Gasteiger partial charge in [0.05, 0.1) is 6.07 Å². The molecule has 0 aromatic rings. The maximum absolute atomic E-state index is 9.04. The van der Waals surface area contributed by atoms with Gasteiger partial charge in [0.1, 0.15) is 5.54 Å². The van der Waals surface area contributed by atoms with E-state index in [-0.39, 0.29) is 5.54 Å². The molecule has 0 aliphatic heterocycles. The van der Waals surface area contributed by atoms with Crippen molar-refractivity contribution in [2.24, 2.45) is 5.92 Å². The number of hydrogen-bond acceptors (Lipinski definition) is 3. The highest BCUT2D eigenvalue weighted by Crippen LogP contribution is 2.15. The second kappa shape index (κ2) is 8.01. The van der Waals surface area contributed by atoms with E-state index in [0.29, 0.717) is 0 Å². The Kier molecular flexibility index (Phi) is 7.90. The Hall–Kier alpha value is -0.200. The number of thioether (sulfide) groups is 1. The lowest BCUT2D eigenvalue weighted by Crippen LogP contribution is -2.40. The Bertz CT molecular complexity index is 198. The lowest BCUT2D eigenvalue weighted by molar-refractivity contribution is 0.426. The molecule has 15 heavy (non-hydrogen) atoms. The second-order valence-corrected chi connectivity index (χ2v) is 5.70. The summed E-state index contributed by atoms with van der Waals surface area (Å²) in [7, 11) is 0. The highest BCUT2D eigenvalue weighted by Gasteiger charge is 2.20. The first-order valence-electron chi connectivity index (χ1n) is 5.78. The van der Waals surface area contributed by atoms with Crippen LogP contribution in [0.4, 0.5) is 0 Å². The normalized spacial score (nSPS) is 14.9. The van der Waals surface area contributed by atoms with Gasteiger partial charge in [-0.1, -0.05) is 20.8 Å². The Labute approximate surface area is 98.8 Å². The summed E-state index contributed by atoms with van der Waals surface area (Å²) in [6.07, 6.45) is 2.07. The van der Waals surface area contributed by atoms with Crippen molar-refractivity contribution in [1.82, 2.24) is 5.32 Å². The molecule has 1 unspecified atom stereocenters. The first kappa shape index (κ1) is 14.8. The number of rotatable bonds is 8. The molecule has 0 aliphatic carbocycles. The van der Waals surface area contributed by atoms with Gasteiger partial charge in [0.2, 0.25) is 0 Å². The van der Waals surface area contributed by atoms with E-state index in [9.17, 15) is 0 Å². The lowest BCUT2D eigenvalue weighted by Gasteiger charge is -2.22. The highest BCUT2D eigenvalue weighted by atomic mass is 32.2. The largest absolute Gasteiger partial charge is 0.300 e. The van der Waals surface area contributed by atoms with Crippen LogP contribution in [0.1, 0.15) is 40.5 Å². The molecule has 3 heteroatoms. The molecule has 2 nitrogen and oxygen atoms in total. The zero-order valence-electron chi connectivity index (χ0n) is 10.5. The van der Waals surface area contributed by atoms with Crippen LogP contribution < -0.4 is 5.32 Å². The first-order chi connectivity index (χ1) is 7.04. The molecule has 1 atom stereocenters. The van der Waals surface area contributed by atoms with E-state index in [0.717, 1.165) is 25.3 Å². The summed E-state index contributed by atoms with van der Waals surface area (Å²) < 4.78 is 0. The number of nitriles is 1. The van der Waals surface area contributed by atoms with E-state index in [2.05, 4.69) is 25.2 Å². The van der Waals surface area contributed by atoms with E-state index in [4.69, 9.17) is 5.26 Å². The summed E-state index contributed by atoms with van der Waals surface area (Å²) in [4.78, 5) is 0. The summed E-state index contributed by atoms with van der Waals surface area (Å²) in [5.41, 5.74) is -0.326. The molecule has 0 amide bonds. The van der Waals surface area contributed by atoms with Crippen molar-refractivity contribution >= 4 is 11.8 Å². The van der Waals surface area contributed by atoms with E-state index >= 15 is 0 Å². The van der Waals surface area contributed by atoms with Crippen LogP contribution in [0.3, 0.4) is 0 Å². The number of nitrogens with zero attached hydrogens (tertiary/aromatic N) is 1. The highest BCUT2D eigenvalue weighted by molar-refractivity contribution is 7.99. The average molecular weight is 228 g/mol. The fourth-order valence-electron chi connectivity index (χ4n) is 1.42. The van der Waals surface area contributed by atoms with Gasteiger partial charge in [0.15, 0.2) is 0 Å². The minimum Gasteiger partial charge on any atom is -0.300 e. The predicted octanol–water partition coefficient (Wildman–Crippen LogP) is 3.05. The van der Waals surface area contributed by atoms with Gasteiger partial charge < -0.3 is 0 Å². The predicted molar refractivity (Wildman–Crippen MR) is 69.1 cm³/mol. The lowest BCUT2D eigenvalue weighted by atomic mass is 9.98. The topological polar surface area (TPSA) is 35.8 Å². The zero-order chi connectivity index (χ0) is 11.7. The third-order valence-corrected chi connectivity index (χ3v) is 3.71. The average Bonchev–Trinajstić information content (AvgIpc) is 2.17. The molecular weight excluding hydrogens is 204 g/mol. The van der Waals surface area contributed by atoms with Gasteiger partial charge in [-0.25, -0.2) is 0 Å². The first-order valence-corrected chi connectivity index (χ1v) is 6.93. The molecule has 0 saturated heterocycles. The molecule has 0 aromatic carbocycles. The molecule has 0 radical (unpaired) electrons. The molecule has 0 heterocycles. The van der Waals surface area contributed by atoms with Crippen molar-refractivity contribution in [3.05, 3.63) is 0 Å². The number of nitrogens with one attached hydrogen (secondary N) is 1. The maximum atomic E-state index is 9.04. The standard InChI is InChI=1S/C12H24N2S/c1-5-14-12(4,10-13)7-6-8-15-9-11(2)3/h11,14H,5-9H2,1-4H3. The molecule has 0 aliphatic rings. The SMILES string of the molecule is CCNC(C)(C#N)CCCSCC(C)C. The van der Waals surface area contributed by atoms with Crippen LogP contribution in [-0.2, 0) is 0 Å². The molecule has 0 spiro atoms. The van der Waals surface area contributed by atoms with Crippen molar-refractivity contribution in [1.29, 1.82) is 5.26 Å². The van der Waals surface area contributed by atoms with Crippen LogP contribution in [0.2, 0.25) is 0 Å². The summed E-state index contributed by atoms with van der Waals surface area (Å²) in [6.45, 7) is 9.38. The Balaban J connectivity index is 3.60. The second-order valence-electron chi connectivity index (χ2n) is 4.55. The van der Waals surface area contributed by atoms with Crippen LogP contribution in [0.5, 0.6) is 0 Å². The molecule has 1 N–H and O–H groups in total. The smallest absolute Gasteiger partial charge is 0.103 e. The zero-order valence-corrected chi connectivity index (χ0v) is 11.3. The fraction of sp³-hybridized carbons (Fsp3) is 0.917. The van der Waals surface area contributed by atoms with Crippen molar-refractivity contribution in [2.75, 3.05) is 18.1 Å². The summed E-state index contributed by atoms with van der Waals surface area (Å²) >= 11 is 1.99. The van der Waals surface area contributed by atoms with E-state index in [1.165, 1.54) is 11.5 Å². The van der Waals surface area contributed by atoms with Crippen molar-refractivity contribution in [3.63, 3.8) is 0 Å². The van der Waals surface area contributed by atoms with Crippen molar-refractivity contribution < 1.29 is 0 Å². The quantitative estimate of drug-likeness (QED) is 0.649. The van der Waals surface area contributed by atoms with Gasteiger partial charge in [-0.15, -0.1) is 0 Å². The van der Waals surface area contributed by atoms with Crippen molar-refractivity contribution in [2.45, 2.75) is 46.1 Å². The molecular formula is C12H24N2S. The van der Waals surface area contributed by atoms with Gasteiger partial charge in [0.25, 0.3) is 0 Å². The van der Waals surface area contributed by atoms with Gasteiger partial charge in [-0.3, -0.25) is 5.32 Å². The molecule has 0 aromatic heterocycles. The molecule has 0 fully saturated rings. The van der Waals surface area contributed by atoms with Gasteiger partial charge in [-0.05, 0) is 43.7 Å². The summed E-state index contributed by atoms with van der Waals surface area (Å²) in [6, 6.07) is 2.36. The fourth-order valence-corrected chi connectivity index (χ4v) is 2.41. The minimum absolute atomic E-state index is 0.326. The van der Waals surface area contributed by atoms with E-state index in [1.54, 1.807) is 0 Å². The van der Waals surface area contributed by atoms with Crippen molar-refractivity contribution in [3.8, 4) is 6.07 Å². The van der Waals surface area contributed by atoms with Crippen LogP contribution in [0.25, 0.3) is 0 Å². The maximum Gasteiger partial charge on any atom is 0.103 e. The minimum atomic E-state index is -0.326.